The molecule has 0 bridgehead atoms. The highest BCUT2D eigenvalue weighted by molar-refractivity contribution is 5.83. The summed E-state index contributed by atoms with van der Waals surface area (Å²) in [6.45, 7) is 0. The monoisotopic (exact) mass is 278 g/mol. The van der Waals surface area contributed by atoms with Gasteiger partial charge in [-0.1, -0.05) is 43.5 Å². The summed E-state index contributed by atoms with van der Waals surface area (Å²) in [4.78, 5) is 12.2. The topological polar surface area (TPSA) is 30.2 Å². The summed E-state index contributed by atoms with van der Waals surface area (Å²) in [6.07, 6.45) is 6.29. The second-order valence-corrected chi connectivity index (χ2v) is 6.01. The third-order valence-electron chi connectivity index (χ3n) is 4.66. The lowest BCUT2D eigenvalue weighted by Gasteiger charge is -2.24. The molecule has 0 amide bonds. The molecule has 0 radical (unpaired) electrons. The SMILES string of the molecule is O=c1ccc(C2CCCCC2)c2oc3ccccc3cc1-2. The summed E-state index contributed by atoms with van der Waals surface area (Å²) >= 11 is 0. The number of hydrogen-bond acceptors (Lipinski definition) is 2. The first-order valence-electron chi connectivity index (χ1n) is 7.78. The Bertz CT molecular complexity index is 809. The molecule has 2 aliphatic carbocycles. The van der Waals surface area contributed by atoms with Crippen molar-refractivity contribution in [3.8, 4) is 11.3 Å². The molecule has 2 nitrogen and oxygen atoms in total. The van der Waals surface area contributed by atoms with Gasteiger partial charge in [0.2, 0.25) is 0 Å². The van der Waals surface area contributed by atoms with Crippen LogP contribution in [0.5, 0.6) is 0 Å². The van der Waals surface area contributed by atoms with E-state index in [0.717, 1.165) is 22.3 Å². The van der Waals surface area contributed by atoms with Gasteiger partial charge in [-0.2, -0.15) is 0 Å². The third kappa shape index (κ3) is 2.15. The maximum Gasteiger partial charge on any atom is 0.189 e. The van der Waals surface area contributed by atoms with Gasteiger partial charge in [0.25, 0.3) is 0 Å². The van der Waals surface area contributed by atoms with Crippen molar-refractivity contribution in [1.29, 1.82) is 0 Å². The minimum absolute atomic E-state index is 0.0547. The quantitative estimate of drug-likeness (QED) is 0.590. The Hall–Kier alpha value is -2.09. The zero-order valence-electron chi connectivity index (χ0n) is 12.0. The molecule has 0 N–H and O–H groups in total. The summed E-state index contributed by atoms with van der Waals surface area (Å²) in [5.41, 5.74) is 2.85. The van der Waals surface area contributed by atoms with Crippen LogP contribution in [-0.2, 0) is 0 Å². The zero-order valence-corrected chi connectivity index (χ0v) is 12.0. The number of benzene rings is 2. The number of rotatable bonds is 1. The molecular formula is C19H18O2. The Morgan fingerprint density at radius 3 is 2.62 bits per heavy atom. The molecule has 1 heterocycles. The number of fused-ring (bicyclic) bond motifs is 2. The molecule has 1 aliphatic heterocycles. The average Bonchev–Trinajstić information content (AvgIpc) is 2.55. The molecule has 0 saturated heterocycles. The van der Waals surface area contributed by atoms with E-state index >= 15 is 0 Å². The van der Waals surface area contributed by atoms with E-state index in [1.54, 1.807) is 6.07 Å². The molecule has 3 aliphatic rings. The fourth-order valence-corrected chi connectivity index (χ4v) is 3.54. The van der Waals surface area contributed by atoms with Crippen LogP contribution in [0.1, 0.15) is 43.6 Å². The van der Waals surface area contributed by atoms with E-state index in [1.165, 1.54) is 37.7 Å². The van der Waals surface area contributed by atoms with Crippen LogP contribution in [0.3, 0.4) is 0 Å². The Labute approximate surface area is 123 Å². The molecule has 1 aromatic rings. The van der Waals surface area contributed by atoms with E-state index in [2.05, 4.69) is 0 Å². The molecule has 1 saturated carbocycles. The normalized spacial score (nSPS) is 16.6. The van der Waals surface area contributed by atoms with Gasteiger partial charge >= 0.3 is 0 Å². The van der Waals surface area contributed by atoms with E-state index in [0.29, 0.717) is 5.92 Å². The standard InChI is InChI=1S/C19H18O2/c20-17-11-10-15(13-6-2-1-3-7-13)19-16(17)12-14-8-4-5-9-18(14)21-19/h4-5,8-13H,1-3,6-7H2. The Morgan fingerprint density at radius 1 is 0.952 bits per heavy atom. The van der Waals surface area contributed by atoms with Gasteiger partial charge < -0.3 is 4.42 Å². The summed E-state index contributed by atoms with van der Waals surface area (Å²) in [5, 5.41) is 0.989. The van der Waals surface area contributed by atoms with Crippen molar-refractivity contribution in [2.45, 2.75) is 38.0 Å². The molecule has 2 heteroatoms. The highest BCUT2D eigenvalue weighted by Gasteiger charge is 2.23. The highest BCUT2D eigenvalue weighted by Crippen LogP contribution is 2.39. The summed E-state index contributed by atoms with van der Waals surface area (Å²) < 4.78 is 6.11. The zero-order chi connectivity index (χ0) is 14.2. The highest BCUT2D eigenvalue weighted by atomic mass is 16.3. The van der Waals surface area contributed by atoms with Gasteiger partial charge in [0.1, 0.15) is 11.3 Å². The van der Waals surface area contributed by atoms with Crippen LogP contribution < -0.4 is 5.43 Å². The van der Waals surface area contributed by atoms with E-state index in [1.807, 2.05) is 36.4 Å². The van der Waals surface area contributed by atoms with Crippen LogP contribution in [0.15, 0.2) is 51.7 Å². The van der Waals surface area contributed by atoms with Crippen LogP contribution in [0.2, 0.25) is 0 Å². The Balaban J connectivity index is 1.97. The largest absolute Gasteiger partial charge is 0.456 e. The van der Waals surface area contributed by atoms with E-state index < -0.39 is 0 Å². The van der Waals surface area contributed by atoms with Gasteiger partial charge in [-0.25, -0.2) is 0 Å². The van der Waals surface area contributed by atoms with Crippen molar-refractivity contribution in [2.24, 2.45) is 0 Å². The second-order valence-electron chi connectivity index (χ2n) is 6.01. The van der Waals surface area contributed by atoms with Crippen molar-refractivity contribution in [1.82, 2.24) is 0 Å². The molecule has 1 aromatic carbocycles. The van der Waals surface area contributed by atoms with Crippen molar-refractivity contribution in [2.75, 3.05) is 0 Å². The minimum Gasteiger partial charge on any atom is -0.456 e. The van der Waals surface area contributed by atoms with Gasteiger partial charge in [0.05, 0.1) is 5.56 Å². The smallest absolute Gasteiger partial charge is 0.189 e. The van der Waals surface area contributed by atoms with E-state index in [9.17, 15) is 4.79 Å². The van der Waals surface area contributed by atoms with Gasteiger partial charge in [0, 0.05) is 5.39 Å². The molecule has 0 aromatic heterocycles. The predicted molar refractivity (Wildman–Crippen MR) is 84.9 cm³/mol. The van der Waals surface area contributed by atoms with Crippen LogP contribution in [0.4, 0.5) is 0 Å². The van der Waals surface area contributed by atoms with Crippen molar-refractivity contribution >= 4 is 11.0 Å². The van der Waals surface area contributed by atoms with Crippen LogP contribution >= 0.6 is 0 Å². The predicted octanol–water partition coefficient (Wildman–Crippen LogP) is 4.95. The maximum atomic E-state index is 12.2. The fraction of sp³-hybridized carbons (Fsp3) is 0.316. The lowest BCUT2D eigenvalue weighted by Crippen LogP contribution is -2.11. The molecule has 4 rings (SSSR count). The van der Waals surface area contributed by atoms with E-state index in [-0.39, 0.29) is 5.43 Å². The van der Waals surface area contributed by atoms with Crippen LogP contribution in [0, 0.1) is 0 Å². The van der Waals surface area contributed by atoms with Gasteiger partial charge in [-0.15, -0.1) is 0 Å². The van der Waals surface area contributed by atoms with Gasteiger partial charge in [-0.3, -0.25) is 4.79 Å². The fourth-order valence-electron chi connectivity index (χ4n) is 3.54. The number of para-hydroxylation sites is 1. The molecule has 0 atom stereocenters. The minimum atomic E-state index is 0.0547. The maximum absolute atomic E-state index is 12.2. The Morgan fingerprint density at radius 2 is 1.76 bits per heavy atom. The summed E-state index contributed by atoms with van der Waals surface area (Å²) in [5.74, 6) is 1.33. The molecule has 1 fully saturated rings. The summed E-state index contributed by atoms with van der Waals surface area (Å²) in [6, 6.07) is 13.6. The van der Waals surface area contributed by atoms with Crippen LogP contribution in [-0.4, -0.2) is 0 Å². The van der Waals surface area contributed by atoms with Gasteiger partial charge in [-0.05, 0) is 42.5 Å². The van der Waals surface area contributed by atoms with Crippen molar-refractivity contribution in [3.63, 3.8) is 0 Å². The second kappa shape index (κ2) is 5.03. The molecule has 106 valence electrons. The molecule has 21 heavy (non-hydrogen) atoms. The lowest BCUT2D eigenvalue weighted by atomic mass is 9.82. The molecular weight excluding hydrogens is 260 g/mol. The van der Waals surface area contributed by atoms with Gasteiger partial charge in [0.15, 0.2) is 5.43 Å². The van der Waals surface area contributed by atoms with E-state index in [4.69, 9.17) is 4.42 Å². The van der Waals surface area contributed by atoms with Crippen molar-refractivity contribution < 1.29 is 4.42 Å². The Kier molecular flexibility index (Phi) is 3.03. The third-order valence-corrected chi connectivity index (χ3v) is 4.66. The average molecular weight is 278 g/mol. The molecule has 0 spiro atoms. The summed E-state index contributed by atoms with van der Waals surface area (Å²) in [7, 11) is 0. The first-order chi connectivity index (χ1) is 10.3. The number of hydrogen-bond donors (Lipinski definition) is 0. The molecule has 0 unspecified atom stereocenters. The first-order valence-corrected chi connectivity index (χ1v) is 7.78. The first kappa shape index (κ1) is 12.6. The lowest BCUT2D eigenvalue weighted by molar-refractivity contribution is 0.438. The van der Waals surface area contributed by atoms with Crippen molar-refractivity contribution in [3.05, 3.63) is 58.3 Å². The van der Waals surface area contributed by atoms with Crippen LogP contribution in [0.25, 0.3) is 22.3 Å².